The molecule has 0 radical (unpaired) electrons. The fourth-order valence-electron chi connectivity index (χ4n) is 6.33. The summed E-state index contributed by atoms with van der Waals surface area (Å²) in [4.78, 5) is 0. The van der Waals surface area contributed by atoms with Crippen molar-refractivity contribution in [2.75, 3.05) is 0 Å². The van der Waals surface area contributed by atoms with E-state index < -0.39 is 8.07 Å². The van der Waals surface area contributed by atoms with Gasteiger partial charge in [-0.1, -0.05) is 115 Å². The Hall–Kier alpha value is -3.92. The summed E-state index contributed by atoms with van der Waals surface area (Å²) < 4.78 is 3.96. The first-order valence-corrected chi connectivity index (χ1v) is 15.8. The number of benzene rings is 4. The Kier molecular flexibility index (Phi) is 5.53. The molecule has 1 aliphatic carbocycles. The minimum absolute atomic E-state index is 0.401. The standard InChI is InChI=1S/C34H27NSSi/c1-4-13-26(14-5-1)35-32-20-11-10-19-30(32)31-25-29(22-23-33(31)35)37(34-21-12-24-36-34,27-15-6-2-7-16-27)28-17-8-3-9-18-28/h1-24,29H,25H2. The van der Waals surface area contributed by atoms with Crippen LogP contribution in [0.5, 0.6) is 0 Å². The molecule has 37 heavy (non-hydrogen) atoms. The van der Waals surface area contributed by atoms with E-state index in [1.54, 1.807) is 0 Å². The van der Waals surface area contributed by atoms with E-state index in [0.29, 0.717) is 5.54 Å². The molecule has 0 fully saturated rings. The van der Waals surface area contributed by atoms with Gasteiger partial charge in [0.2, 0.25) is 0 Å². The zero-order valence-electron chi connectivity index (χ0n) is 20.5. The van der Waals surface area contributed by atoms with Crippen molar-refractivity contribution in [3.8, 4) is 5.69 Å². The molecule has 0 N–H and O–H groups in total. The summed E-state index contributed by atoms with van der Waals surface area (Å²) >= 11 is 1.92. The molecule has 2 heterocycles. The third-order valence-electron chi connectivity index (χ3n) is 7.87. The minimum atomic E-state index is -2.37. The zero-order chi connectivity index (χ0) is 24.7. The molecule has 1 nitrogen and oxygen atoms in total. The molecule has 2 aromatic heterocycles. The van der Waals surface area contributed by atoms with E-state index in [2.05, 4.69) is 149 Å². The van der Waals surface area contributed by atoms with Gasteiger partial charge in [-0.3, -0.25) is 0 Å². The van der Waals surface area contributed by atoms with E-state index in [1.165, 1.54) is 42.7 Å². The molecule has 6 aromatic rings. The molecule has 0 aliphatic heterocycles. The molecule has 4 aromatic carbocycles. The highest BCUT2D eigenvalue weighted by molar-refractivity contribution is 7.32. The van der Waals surface area contributed by atoms with Gasteiger partial charge in [-0.15, -0.1) is 0 Å². The first-order valence-electron chi connectivity index (χ1n) is 12.9. The predicted molar refractivity (Wildman–Crippen MR) is 162 cm³/mol. The highest BCUT2D eigenvalue weighted by Crippen LogP contribution is 2.40. The van der Waals surface area contributed by atoms with Crippen LogP contribution >= 0.6 is 11.3 Å². The van der Waals surface area contributed by atoms with Crippen molar-refractivity contribution in [2.45, 2.75) is 12.0 Å². The van der Waals surface area contributed by atoms with Gasteiger partial charge in [-0.2, -0.15) is 11.3 Å². The van der Waals surface area contributed by atoms with Gasteiger partial charge >= 0.3 is 0 Å². The number of rotatable bonds is 5. The Balaban J connectivity index is 1.49. The second-order valence-electron chi connectivity index (χ2n) is 9.74. The van der Waals surface area contributed by atoms with Crippen LogP contribution in [-0.2, 0) is 6.42 Å². The van der Waals surface area contributed by atoms with Crippen molar-refractivity contribution in [2.24, 2.45) is 0 Å². The van der Waals surface area contributed by atoms with E-state index in [0.717, 1.165) is 6.42 Å². The quantitative estimate of drug-likeness (QED) is 0.225. The summed E-state index contributed by atoms with van der Waals surface area (Å²) in [6.45, 7) is 0. The van der Waals surface area contributed by atoms with E-state index in [9.17, 15) is 0 Å². The maximum absolute atomic E-state index is 2.53. The predicted octanol–water partition coefficient (Wildman–Crippen LogP) is 6.80. The third-order valence-corrected chi connectivity index (χ3v) is 14.8. The molecular formula is C34H27NSSi. The number of nitrogens with zero attached hydrogens (tertiary/aromatic N) is 1. The summed E-state index contributed by atoms with van der Waals surface area (Å²) in [6, 6.07) is 46.9. The van der Waals surface area contributed by atoms with Gasteiger partial charge in [0.15, 0.2) is 8.07 Å². The molecule has 0 spiro atoms. The summed E-state index contributed by atoms with van der Waals surface area (Å²) in [6.07, 6.45) is 5.98. The van der Waals surface area contributed by atoms with Gasteiger partial charge in [0.25, 0.3) is 0 Å². The fraction of sp³-hybridized carbons (Fsp3) is 0.0588. The topological polar surface area (TPSA) is 4.93 Å². The van der Waals surface area contributed by atoms with Crippen molar-refractivity contribution in [3.63, 3.8) is 0 Å². The monoisotopic (exact) mass is 509 g/mol. The number of hydrogen-bond donors (Lipinski definition) is 0. The van der Waals surface area contributed by atoms with E-state index in [-0.39, 0.29) is 0 Å². The molecule has 0 saturated carbocycles. The van der Waals surface area contributed by atoms with Crippen molar-refractivity contribution >= 4 is 51.3 Å². The van der Waals surface area contributed by atoms with Crippen LogP contribution < -0.4 is 14.9 Å². The molecule has 1 aliphatic rings. The first kappa shape index (κ1) is 22.3. The van der Waals surface area contributed by atoms with Crippen LogP contribution in [0, 0.1) is 0 Å². The zero-order valence-corrected chi connectivity index (χ0v) is 22.3. The van der Waals surface area contributed by atoms with Gasteiger partial charge in [-0.25, -0.2) is 0 Å². The molecule has 0 amide bonds. The van der Waals surface area contributed by atoms with Gasteiger partial charge in [0, 0.05) is 21.3 Å². The highest BCUT2D eigenvalue weighted by atomic mass is 32.1. The Bertz CT molecular complexity index is 1640. The number of thiophene rings is 1. The van der Waals surface area contributed by atoms with Crippen LogP contribution in [0.2, 0.25) is 5.54 Å². The Morgan fingerprint density at radius 3 is 1.92 bits per heavy atom. The summed E-state index contributed by atoms with van der Waals surface area (Å²) in [5.74, 6) is 0. The normalized spacial score (nSPS) is 15.1. The molecular weight excluding hydrogens is 483 g/mol. The van der Waals surface area contributed by atoms with E-state index in [4.69, 9.17) is 0 Å². The van der Waals surface area contributed by atoms with Gasteiger partial charge in [-0.05, 0) is 57.6 Å². The molecule has 3 heteroatoms. The minimum Gasteiger partial charge on any atom is -0.310 e. The second kappa shape index (κ2) is 9.18. The van der Waals surface area contributed by atoms with Crippen molar-refractivity contribution in [3.05, 3.63) is 150 Å². The molecule has 178 valence electrons. The third kappa shape index (κ3) is 3.50. The average molecular weight is 510 g/mol. The number of para-hydroxylation sites is 2. The summed E-state index contributed by atoms with van der Waals surface area (Å²) in [7, 11) is -2.37. The Morgan fingerprint density at radius 1 is 0.649 bits per heavy atom. The maximum Gasteiger partial charge on any atom is 0.167 e. The Morgan fingerprint density at radius 2 is 1.27 bits per heavy atom. The first-order chi connectivity index (χ1) is 18.4. The van der Waals surface area contributed by atoms with Crippen LogP contribution in [-0.4, -0.2) is 12.6 Å². The largest absolute Gasteiger partial charge is 0.310 e. The van der Waals surface area contributed by atoms with Crippen LogP contribution in [0.25, 0.3) is 22.7 Å². The van der Waals surface area contributed by atoms with Gasteiger partial charge in [0.05, 0.1) is 5.52 Å². The molecule has 1 atom stereocenters. The molecule has 1 unspecified atom stereocenters. The number of fused-ring (bicyclic) bond motifs is 3. The lowest BCUT2D eigenvalue weighted by Crippen LogP contribution is -2.69. The van der Waals surface area contributed by atoms with Crippen molar-refractivity contribution < 1.29 is 0 Å². The van der Waals surface area contributed by atoms with E-state index >= 15 is 0 Å². The van der Waals surface area contributed by atoms with E-state index in [1.807, 2.05) is 11.3 Å². The average Bonchev–Trinajstić information content (AvgIpc) is 3.62. The lowest BCUT2D eigenvalue weighted by atomic mass is 10.0. The molecule has 0 bridgehead atoms. The maximum atomic E-state index is 2.53. The second-order valence-corrected chi connectivity index (χ2v) is 15.1. The van der Waals surface area contributed by atoms with Crippen LogP contribution in [0.1, 0.15) is 11.3 Å². The number of aromatic nitrogens is 1. The van der Waals surface area contributed by atoms with Crippen molar-refractivity contribution in [1.29, 1.82) is 0 Å². The lowest BCUT2D eigenvalue weighted by Gasteiger charge is -2.39. The van der Waals surface area contributed by atoms with Crippen LogP contribution in [0.15, 0.2) is 139 Å². The fourth-order valence-corrected chi connectivity index (χ4v) is 13.7. The smallest absolute Gasteiger partial charge is 0.167 e. The SMILES string of the molecule is C1=CC([Si](c2ccccc2)(c2ccccc2)c2cccs2)Cc2c1n(-c1ccccc1)c1ccccc21. The highest BCUT2D eigenvalue weighted by Gasteiger charge is 2.47. The van der Waals surface area contributed by atoms with Gasteiger partial charge in [0.1, 0.15) is 0 Å². The molecule has 7 rings (SSSR count). The summed E-state index contributed by atoms with van der Waals surface area (Å²) in [5.41, 5.74) is 5.69. The number of hydrogen-bond acceptors (Lipinski definition) is 1. The molecule has 0 saturated heterocycles. The summed E-state index contributed by atoms with van der Waals surface area (Å²) in [5, 5.41) is 6.58. The lowest BCUT2D eigenvalue weighted by molar-refractivity contribution is 0.943. The Labute approximate surface area is 223 Å². The number of allylic oxidation sites excluding steroid dienone is 1. The van der Waals surface area contributed by atoms with Crippen LogP contribution in [0.4, 0.5) is 0 Å². The van der Waals surface area contributed by atoms with Gasteiger partial charge < -0.3 is 4.57 Å². The van der Waals surface area contributed by atoms with Crippen molar-refractivity contribution in [1.82, 2.24) is 4.57 Å². The van der Waals surface area contributed by atoms with Crippen LogP contribution in [0.3, 0.4) is 0 Å².